The third-order valence-electron chi connectivity index (χ3n) is 5.10. The van der Waals surface area contributed by atoms with Crippen molar-refractivity contribution in [3.63, 3.8) is 0 Å². The van der Waals surface area contributed by atoms with E-state index < -0.39 is 17.5 Å². The number of nitrogens with zero attached hydrogens (tertiary/aromatic N) is 1. The lowest BCUT2D eigenvalue weighted by Gasteiger charge is -2.33. The maximum atomic E-state index is 13.0. The van der Waals surface area contributed by atoms with Gasteiger partial charge in [0.25, 0.3) is 5.91 Å². The fourth-order valence-corrected chi connectivity index (χ4v) is 3.74. The highest BCUT2D eigenvalue weighted by Crippen LogP contribution is 2.43. The molecule has 2 fully saturated rings. The van der Waals surface area contributed by atoms with Crippen LogP contribution in [0.3, 0.4) is 0 Å². The molecule has 0 aromatic heterocycles. The van der Waals surface area contributed by atoms with E-state index >= 15 is 0 Å². The minimum absolute atomic E-state index is 0.161. The van der Waals surface area contributed by atoms with Gasteiger partial charge in [0.15, 0.2) is 6.10 Å². The van der Waals surface area contributed by atoms with Crippen LogP contribution in [-0.4, -0.2) is 54.8 Å². The smallest absolute Gasteiger partial charge is 0.311 e. The zero-order valence-electron chi connectivity index (χ0n) is 13.8. The maximum Gasteiger partial charge on any atom is 0.311 e. The molecule has 24 heavy (non-hydrogen) atoms. The van der Waals surface area contributed by atoms with Gasteiger partial charge in [-0.1, -0.05) is 30.3 Å². The molecule has 2 aliphatic heterocycles. The summed E-state index contributed by atoms with van der Waals surface area (Å²) < 4.78 is 11.1. The number of fused-ring (bicyclic) bond motifs is 1. The number of aliphatic carboxylic acids is 1. The first kappa shape index (κ1) is 16.9. The summed E-state index contributed by atoms with van der Waals surface area (Å²) in [6, 6.07) is 9.34. The Balaban J connectivity index is 1.83. The Kier molecular flexibility index (Phi) is 4.87. The number of amides is 1. The molecule has 1 N–H and O–H groups in total. The first-order valence-corrected chi connectivity index (χ1v) is 8.35. The number of ether oxygens (including phenoxy) is 2. The molecule has 0 aliphatic carbocycles. The average Bonchev–Trinajstić information content (AvgIpc) is 3.01. The van der Waals surface area contributed by atoms with Gasteiger partial charge in [0.1, 0.15) is 0 Å². The van der Waals surface area contributed by atoms with E-state index in [1.165, 1.54) is 0 Å². The summed E-state index contributed by atoms with van der Waals surface area (Å²) in [4.78, 5) is 26.5. The van der Waals surface area contributed by atoms with Gasteiger partial charge >= 0.3 is 5.97 Å². The van der Waals surface area contributed by atoms with E-state index in [0.29, 0.717) is 32.8 Å². The SMILES string of the molecule is CCOC(C(=O)N1C[C@H]2COCC[C@@]2(C(=O)O)C1)c1ccccc1. The first-order chi connectivity index (χ1) is 11.6. The predicted octanol–water partition coefficient (Wildman–Crippen LogP) is 1.71. The van der Waals surface area contributed by atoms with Gasteiger partial charge in [0.2, 0.25) is 0 Å². The number of benzene rings is 1. The van der Waals surface area contributed by atoms with Crippen LogP contribution < -0.4 is 0 Å². The van der Waals surface area contributed by atoms with E-state index in [9.17, 15) is 14.7 Å². The van der Waals surface area contributed by atoms with E-state index in [0.717, 1.165) is 5.56 Å². The van der Waals surface area contributed by atoms with E-state index in [-0.39, 0.29) is 18.4 Å². The van der Waals surface area contributed by atoms with E-state index in [1.54, 1.807) is 4.90 Å². The summed E-state index contributed by atoms with van der Waals surface area (Å²) in [5, 5.41) is 9.73. The summed E-state index contributed by atoms with van der Waals surface area (Å²) in [5.41, 5.74) is -0.0960. The highest BCUT2D eigenvalue weighted by molar-refractivity contribution is 5.85. The second-order valence-electron chi connectivity index (χ2n) is 6.45. The van der Waals surface area contributed by atoms with Crippen molar-refractivity contribution < 1.29 is 24.2 Å². The van der Waals surface area contributed by atoms with E-state index in [2.05, 4.69) is 0 Å². The van der Waals surface area contributed by atoms with Crippen LogP contribution >= 0.6 is 0 Å². The molecular formula is C18H23NO5. The van der Waals surface area contributed by atoms with Crippen molar-refractivity contribution in [1.82, 2.24) is 4.90 Å². The number of carbonyl (C=O) groups is 2. The molecule has 1 aromatic rings. The van der Waals surface area contributed by atoms with Crippen LogP contribution in [-0.2, 0) is 19.1 Å². The molecular weight excluding hydrogens is 310 g/mol. The zero-order valence-corrected chi connectivity index (χ0v) is 13.8. The molecule has 6 heteroatoms. The molecule has 0 spiro atoms. The summed E-state index contributed by atoms with van der Waals surface area (Å²) in [7, 11) is 0. The molecule has 0 radical (unpaired) electrons. The minimum atomic E-state index is -0.888. The molecule has 0 bridgehead atoms. The van der Waals surface area contributed by atoms with Crippen molar-refractivity contribution in [2.24, 2.45) is 11.3 Å². The number of carboxylic acids is 1. The number of hydrogen-bond donors (Lipinski definition) is 1. The van der Waals surface area contributed by atoms with Gasteiger partial charge in [-0.15, -0.1) is 0 Å². The van der Waals surface area contributed by atoms with Crippen LogP contribution in [0.25, 0.3) is 0 Å². The Morgan fingerprint density at radius 2 is 2.17 bits per heavy atom. The van der Waals surface area contributed by atoms with Crippen LogP contribution in [0.5, 0.6) is 0 Å². The van der Waals surface area contributed by atoms with Crippen molar-refractivity contribution in [2.75, 3.05) is 32.9 Å². The standard InChI is InChI=1S/C18H23NO5/c1-2-24-15(13-6-4-3-5-7-13)16(20)19-10-14-11-23-9-8-18(14,12-19)17(21)22/h3-7,14-15H,2,8-12H2,1H3,(H,21,22)/t14-,15?,18+/m0/s1. The highest BCUT2D eigenvalue weighted by atomic mass is 16.5. The van der Waals surface area contributed by atoms with Gasteiger partial charge in [-0.05, 0) is 18.9 Å². The Bertz CT molecular complexity index is 605. The second kappa shape index (κ2) is 6.91. The van der Waals surface area contributed by atoms with Gasteiger partial charge < -0.3 is 19.5 Å². The lowest BCUT2D eigenvalue weighted by molar-refractivity contribution is -0.157. The van der Waals surface area contributed by atoms with Crippen molar-refractivity contribution in [2.45, 2.75) is 19.4 Å². The van der Waals surface area contributed by atoms with Crippen LogP contribution in [0.4, 0.5) is 0 Å². The first-order valence-electron chi connectivity index (χ1n) is 8.35. The molecule has 1 unspecified atom stereocenters. The zero-order chi connectivity index (χ0) is 17.2. The topological polar surface area (TPSA) is 76.1 Å². The number of carboxylic acid groups (broad SMARTS) is 1. The fourth-order valence-electron chi connectivity index (χ4n) is 3.74. The van der Waals surface area contributed by atoms with Gasteiger partial charge in [0, 0.05) is 32.2 Å². The molecule has 0 saturated carbocycles. The predicted molar refractivity (Wildman–Crippen MR) is 86.4 cm³/mol. The Labute approximate surface area is 141 Å². The van der Waals surface area contributed by atoms with Gasteiger partial charge in [-0.25, -0.2) is 0 Å². The fraction of sp³-hybridized carbons (Fsp3) is 0.556. The normalized spacial score (nSPS) is 27.5. The van der Waals surface area contributed by atoms with Gasteiger partial charge in [-0.2, -0.15) is 0 Å². The number of likely N-dealkylation sites (tertiary alicyclic amines) is 1. The largest absolute Gasteiger partial charge is 0.481 e. The van der Waals surface area contributed by atoms with Crippen molar-refractivity contribution in [3.8, 4) is 0 Å². The molecule has 130 valence electrons. The van der Waals surface area contributed by atoms with Crippen LogP contribution in [0.1, 0.15) is 25.0 Å². The molecule has 2 aliphatic rings. The molecule has 2 heterocycles. The lowest BCUT2D eigenvalue weighted by Crippen LogP contribution is -2.45. The average molecular weight is 333 g/mol. The molecule has 3 atom stereocenters. The van der Waals surface area contributed by atoms with Crippen LogP contribution in [0.15, 0.2) is 30.3 Å². The molecule has 1 aromatic carbocycles. The van der Waals surface area contributed by atoms with Crippen molar-refractivity contribution >= 4 is 11.9 Å². The maximum absolute atomic E-state index is 13.0. The molecule has 2 saturated heterocycles. The summed E-state index contributed by atoms with van der Waals surface area (Å²) in [5.74, 6) is -1.16. The number of rotatable bonds is 5. The third kappa shape index (κ3) is 2.91. The van der Waals surface area contributed by atoms with Gasteiger partial charge in [-0.3, -0.25) is 9.59 Å². The van der Waals surface area contributed by atoms with Gasteiger partial charge in [0.05, 0.1) is 12.0 Å². The molecule has 6 nitrogen and oxygen atoms in total. The number of hydrogen-bond acceptors (Lipinski definition) is 4. The summed E-state index contributed by atoms with van der Waals surface area (Å²) in [6.45, 7) is 3.71. The second-order valence-corrected chi connectivity index (χ2v) is 6.45. The van der Waals surface area contributed by atoms with Crippen LogP contribution in [0, 0.1) is 11.3 Å². The van der Waals surface area contributed by atoms with Crippen molar-refractivity contribution in [3.05, 3.63) is 35.9 Å². The highest BCUT2D eigenvalue weighted by Gasteiger charge is 2.55. The molecule has 3 rings (SSSR count). The molecule has 1 amide bonds. The monoisotopic (exact) mass is 333 g/mol. The minimum Gasteiger partial charge on any atom is -0.481 e. The Hall–Kier alpha value is -1.92. The van der Waals surface area contributed by atoms with Crippen molar-refractivity contribution in [1.29, 1.82) is 0 Å². The van der Waals surface area contributed by atoms with E-state index in [4.69, 9.17) is 9.47 Å². The number of carbonyl (C=O) groups excluding carboxylic acids is 1. The van der Waals surface area contributed by atoms with E-state index in [1.807, 2.05) is 37.3 Å². The summed E-state index contributed by atoms with van der Waals surface area (Å²) >= 11 is 0. The third-order valence-corrected chi connectivity index (χ3v) is 5.10. The Morgan fingerprint density at radius 1 is 1.42 bits per heavy atom. The lowest BCUT2D eigenvalue weighted by atomic mass is 9.74. The summed E-state index contributed by atoms with van der Waals surface area (Å²) in [6.07, 6.45) is -0.246. The Morgan fingerprint density at radius 3 is 2.79 bits per heavy atom. The van der Waals surface area contributed by atoms with Crippen LogP contribution in [0.2, 0.25) is 0 Å². The quantitative estimate of drug-likeness (QED) is 0.888.